The van der Waals surface area contributed by atoms with Gasteiger partial charge in [-0.15, -0.1) is 11.3 Å². The van der Waals surface area contributed by atoms with E-state index in [0.717, 1.165) is 15.3 Å². The van der Waals surface area contributed by atoms with Crippen LogP contribution < -0.4 is 5.56 Å². The topological polar surface area (TPSA) is 55.6 Å². The third kappa shape index (κ3) is 2.61. The Morgan fingerprint density at radius 1 is 1.25 bits per heavy atom. The van der Waals surface area contributed by atoms with Gasteiger partial charge in [0.2, 0.25) is 0 Å². The maximum absolute atomic E-state index is 12.8. The van der Waals surface area contributed by atoms with E-state index in [1.165, 1.54) is 15.9 Å². The molecule has 0 saturated heterocycles. The third-order valence-electron chi connectivity index (χ3n) is 3.76. The number of aromatic amines is 1. The van der Waals surface area contributed by atoms with Crippen LogP contribution in [-0.4, -0.2) is 19.3 Å². The molecule has 4 aromatic rings. The molecule has 4 rings (SSSR count). The van der Waals surface area contributed by atoms with Gasteiger partial charge in [0.05, 0.1) is 11.9 Å². The van der Waals surface area contributed by atoms with Crippen molar-refractivity contribution in [1.82, 2.24) is 19.3 Å². The zero-order valence-corrected chi connectivity index (χ0v) is 14.5. The van der Waals surface area contributed by atoms with E-state index >= 15 is 0 Å². The minimum atomic E-state index is -0.136. The lowest BCUT2D eigenvalue weighted by Gasteiger charge is -2.03. The Balaban J connectivity index is 1.78. The van der Waals surface area contributed by atoms with Gasteiger partial charge in [-0.2, -0.15) is 5.10 Å². The van der Waals surface area contributed by atoms with Crippen LogP contribution in [0.2, 0.25) is 0 Å². The van der Waals surface area contributed by atoms with Crippen LogP contribution >= 0.6 is 23.6 Å². The summed E-state index contributed by atoms with van der Waals surface area (Å²) in [6, 6.07) is 13.7. The lowest BCUT2D eigenvalue weighted by Crippen LogP contribution is -2.20. The third-order valence-corrected chi connectivity index (χ3v) is 5.01. The molecule has 1 N–H and O–H groups in total. The van der Waals surface area contributed by atoms with Crippen molar-refractivity contribution in [3.8, 4) is 5.82 Å². The molecule has 0 bridgehead atoms. The first-order chi connectivity index (χ1) is 11.6. The first-order valence-electron chi connectivity index (χ1n) is 7.45. The average Bonchev–Trinajstić information content (AvgIpc) is 3.15. The Hall–Kier alpha value is -2.51. The number of nitrogens with one attached hydrogen (secondary N) is 1. The van der Waals surface area contributed by atoms with Gasteiger partial charge in [0, 0.05) is 17.1 Å². The first-order valence-corrected chi connectivity index (χ1v) is 8.67. The quantitative estimate of drug-likeness (QED) is 0.571. The molecule has 7 heteroatoms. The van der Waals surface area contributed by atoms with Crippen LogP contribution in [0, 0.1) is 11.7 Å². The van der Waals surface area contributed by atoms with E-state index in [1.807, 2.05) is 49.5 Å². The van der Waals surface area contributed by atoms with Crippen LogP contribution in [0.1, 0.15) is 10.4 Å². The van der Waals surface area contributed by atoms with Gasteiger partial charge in [-0.1, -0.05) is 30.3 Å². The molecular weight excluding hydrogens is 340 g/mol. The standard InChI is InChI=1S/C17H14N4OS2/c1-11-9-13-15(24-11)18-17(23)21(16(13)22)14-7-8-20(19-14)10-12-5-3-2-4-6-12/h2-9H,10H2,1H3,(H,18,23). The van der Waals surface area contributed by atoms with Crippen molar-refractivity contribution in [1.29, 1.82) is 0 Å². The summed E-state index contributed by atoms with van der Waals surface area (Å²) < 4.78 is 3.61. The number of rotatable bonds is 3. The first kappa shape index (κ1) is 15.0. The van der Waals surface area contributed by atoms with E-state index in [1.54, 1.807) is 10.7 Å². The second-order valence-electron chi connectivity index (χ2n) is 5.53. The molecule has 1 aromatic carbocycles. The van der Waals surface area contributed by atoms with E-state index in [2.05, 4.69) is 10.1 Å². The number of benzene rings is 1. The molecule has 0 spiro atoms. The van der Waals surface area contributed by atoms with Crippen molar-refractivity contribution in [2.24, 2.45) is 0 Å². The molecule has 0 aliphatic rings. The molecule has 0 radical (unpaired) electrons. The summed E-state index contributed by atoms with van der Waals surface area (Å²) in [5.74, 6) is 0.530. The average molecular weight is 354 g/mol. The Bertz CT molecular complexity index is 1130. The summed E-state index contributed by atoms with van der Waals surface area (Å²) in [5, 5.41) is 5.15. The van der Waals surface area contributed by atoms with E-state index < -0.39 is 0 Å². The predicted octanol–water partition coefficient (Wildman–Crippen LogP) is 3.66. The maximum Gasteiger partial charge on any atom is 0.268 e. The van der Waals surface area contributed by atoms with Gasteiger partial charge >= 0.3 is 0 Å². The molecule has 0 amide bonds. The van der Waals surface area contributed by atoms with Crippen molar-refractivity contribution in [2.75, 3.05) is 0 Å². The van der Waals surface area contributed by atoms with Gasteiger partial charge in [-0.3, -0.25) is 9.48 Å². The van der Waals surface area contributed by atoms with E-state index in [0.29, 0.717) is 22.5 Å². The normalized spacial score (nSPS) is 11.2. The number of hydrogen-bond acceptors (Lipinski definition) is 4. The fraction of sp³-hybridized carbons (Fsp3) is 0.118. The highest BCUT2D eigenvalue weighted by Gasteiger charge is 2.12. The van der Waals surface area contributed by atoms with Crippen LogP contribution in [0.4, 0.5) is 0 Å². The van der Waals surface area contributed by atoms with Crippen molar-refractivity contribution < 1.29 is 0 Å². The van der Waals surface area contributed by atoms with Gasteiger partial charge in [0.25, 0.3) is 5.56 Å². The number of H-pyrrole nitrogens is 1. The monoisotopic (exact) mass is 354 g/mol. The largest absolute Gasteiger partial charge is 0.323 e. The Labute approximate surface area is 146 Å². The molecule has 3 heterocycles. The summed E-state index contributed by atoms with van der Waals surface area (Å²) >= 11 is 6.89. The highest BCUT2D eigenvalue weighted by atomic mass is 32.1. The summed E-state index contributed by atoms with van der Waals surface area (Å²) in [7, 11) is 0. The molecule has 0 aliphatic carbocycles. The van der Waals surface area contributed by atoms with Gasteiger partial charge in [0.1, 0.15) is 4.83 Å². The fourth-order valence-corrected chi connectivity index (χ4v) is 3.91. The molecule has 120 valence electrons. The Kier molecular flexibility index (Phi) is 3.66. The predicted molar refractivity (Wildman–Crippen MR) is 98.7 cm³/mol. The molecule has 0 aliphatic heterocycles. The number of nitrogens with zero attached hydrogens (tertiary/aromatic N) is 3. The van der Waals surface area contributed by atoms with Crippen molar-refractivity contribution in [3.05, 3.63) is 74.2 Å². The van der Waals surface area contributed by atoms with Crippen molar-refractivity contribution >= 4 is 33.8 Å². The smallest absolute Gasteiger partial charge is 0.268 e. The van der Waals surface area contributed by atoms with Gasteiger partial charge < -0.3 is 4.98 Å². The van der Waals surface area contributed by atoms with Crippen LogP contribution in [0.3, 0.4) is 0 Å². The number of fused-ring (bicyclic) bond motifs is 1. The van der Waals surface area contributed by atoms with Crippen LogP contribution in [0.5, 0.6) is 0 Å². The summed E-state index contributed by atoms with van der Waals surface area (Å²) in [5.41, 5.74) is 1.01. The van der Waals surface area contributed by atoms with Crippen LogP contribution in [0.25, 0.3) is 16.0 Å². The summed E-state index contributed by atoms with van der Waals surface area (Å²) in [4.78, 5) is 17.8. The molecule has 24 heavy (non-hydrogen) atoms. The zero-order chi connectivity index (χ0) is 16.7. The highest BCUT2D eigenvalue weighted by molar-refractivity contribution is 7.71. The molecule has 5 nitrogen and oxygen atoms in total. The minimum Gasteiger partial charge on any atom is -0.323 e. The van der Waals surface area contributed by atoms with E-state index in [-0.39, 0.29) is 5.56 Å². The number of aryl methyl sites for hydroxylation is 1. The van der Waals surface area contributed by atoms with Gasteiger partial charge in [0.15, 0.2) is 10.6 Å². The fourth-order valence-electron chi connectivity index (χ4n) is 2.67. The van der Waals surface area contributed by atoms with Gasteiger partial charge in [-0.05, 0) is 30.8 Å². The van der Waals surface area contributed by atoms with Gasteiger partial charge in [-0.25, -0.2) is 4.57 Å². The minimum absolute atomic E-state index is 0.136. The van der Waals surface area contributed by atoms with Crippen molar-refractivity contribution in [2.45, 2.75) is 13.5 Å². The second kappa shape index (κ2) is 5.85. The maximum atomic E-state index is 12.8. The second-order valence-corrected chi connectivity index (χ2v) is 7.17. The number of aromatic nitrogens is 4. The molecule has 0 fully saturated rings. The van der Waals surface area contributed by atoms with E-state index in [9.17, 15) is 4.79 Å². The van der Waals surface area contributed by atoms with Crippen molar-refractivity contribution in [3.63, 3.8) is 0 Å². The summed E-state index contributed by atoms with van der Waals surface area (Å²) in [6.07, 6.45) is 1.85. The SMILES string of the molecule is Cc1cc2c(=O)n(-c3ccn(Cc4ccccc4)n3)c(=S)[nH]c2s1. The lowest BCUT2D eigenvalue weighted by molar-refractivity contribution is 0.674. The van der Waals surface area contributed by atoms with E-state index in [4.69, 9.17) is 12.2 Å². The number of thiophene rings is 1. The Morgan fingerprint density at radius 3 is 2.83 bits per heavy atom. The zero-order valence-electron chi connectivity index (χ0n) is 12.9. The van der Waals surface area contributed by atoms with Crippen LogP contribution in [-0.2, 0) is 6.54 Å². The highest BCUT2D eigenvalue weighted by Crippen LogP contribution is 2.20. The summed E-state index contributed by atoms with van der Waals surface area (Å²) in [6.45, 7) is 2.62. The molecule has 0 atom stereocenters. The molecule has 0 unspecified atom stereocenters. The van der Waals surface area contributed by atoms with Crippen LogP contribution in [0.15, 0.2) is 53.5 Å². The Morgan fingerprint density at radius 2 is 2.04 bits per heavy atom. The lowest BCUT2D eigenvalue weighted by atomic mass is 10.2. The number of hydrogen-bond donors (Lipinski definition) is 1. The molecular formula is C17H14N4OS2. The molecule has 3 aromatic heterocycles. The molecule has 0 saturated carbocycles.